The van der Waals surface area contributed by atoms with Gasteiger partial charge in [-0.15, -0.1) is 0 Å². The summed E-state index contributed by atoms with van der Waals surface area (Å²) in [7, 11) is -1.81. The van der Waals surface area contributed by atoms with Gasteiger partial charge in [0.2, 0.25) is 15.9 Å². The topological polar surface area (TPSA) is 84.3 Å². The number of anilines is 1. The number of aromatic nitrogens is 2. The molecule has 1 aromatic heterocycles. The molecule has 0 bridgehead atoms. The van der Waals surface area contributed by atoms with Crippen molar-refractivity contribution in [3.05, 3.63) is 113 Å². The minimum Gasteiger partial charge on any atom is -0.337 e. The van der Waals surface area contributed by atoms with Gasteiger partial charge in [-0.2, -0.15) is 0 Å². The number of aryl methyl sites for hydroxylation is 2. The van der Waals surface area contributed by atoms with Gasteiger partial charge in [0, 0.05) is 37.1 Å². The van der Waals surface area contributed by atoms with Crippen molar-refractivity contribution in [2.45, 2.75) is 68.8 Å². The van der Waals surface area contributed by atoms with Crippen LogP contribution in [0.4, 0.5) is 5.69 Å². The first-order valence-corrected chi connectivity index (χ1v) is 16.1. The summed E-state index contributed by atoms with van der Waals surface area (Å²) >= 11 is 0. The highest BCUT2D eigenvalue weighted by Gasteiger charge is 2.46. The molecule has 1 saturated carbocycles. The Balaban J connectivity index is 1.36. The third kappa shape index (κ3) is 5.53. The van der Waals surface area contributed by atoms with Crippen molar-refractivity contribution in [1.29, 1.82) is 0 Å². The number of carbonyl (C=O) groups is 1. The molecule has 0 aliphatic heterocycles. The van der Waals surface area contributed by atoms with Gasteiger partial charge in [-0.3, -0.25) is 4.79 Å². The zero-order valence-electron chi connectivity index (χ0n) is 24.6. The Morgan fingerprint density at radius 1 is 1.07 bits per heavy atom. The fourth-order valence-corrected chi connectivity index (χ4v) is 7.49. The van der Waals surface area contributed by atoms with Crippen LogP contribution in [0.2, 0.25) is 0 Å². The number of nitrogens with zero attached hydrogens (tertiary/aromatic N) is 3. The second-order valence-corrected chi connectivity index (χ2v) is 14.1. The van der Waals surface area contributed by atoms with Gasteiger partial charge < -0.3 is 9.47 Å². The van der Waals surface area contributed by atoms with E-state index in [0.29, 0.717) is 13.0 Å². The maximum absolute atomic E-state index is 14.1. The van der Waals surface area contributed by atoms with Crippen LogP contribution < -0.4 is 9.62 Å². The van der Waals surface area contributed by atoms with Gasteiger partial charge in [0.25, 0.3) is 0 Å². The Kier molecular flexibility index (Phi) is 7.31. The number of amides is 1. The summed E-state index contributed by atoms with van der Waals surface area (Å²) in [6, 6.07) is 22.8. The fraction of sp³-hybridized carbons (Fsp3) is 0.353. The van der Waals surface area contributed by atoms with Crippen LogP contribution in [-0.2, 0) is 33.8 Å². The second-order valence-electron chi connectivity index (χ2n) is 12.4. The second kappa shape index (κ2) is 10.8. The Labute approximate surface area is 248 Å². The van der Waals surface area contributed by atoms with Crippen LogP contribution in [0.5, 0.6) is 0 Å². The number of carbonyl (C=O) groups excluding carboxylic acids is 1. The molecule has 1 amide bonds. The maximum Gasteiger partial charge on any atom is 0.241 e. The molecule has 6 rings (SSSR count). The number of hydrogen-bond acceptors (Lipinski definition) is 4. The van der Waals surface area contributed by atoms with Gasteiger partial charge in [-0.05, 0) is 78.5 Å². The molecule has 218 valence electrons. The number of hydrogen-bond donors (Lipinski definition) is 1. The van der Waals surface area contributed by atoms with Crippen LogP contribution in [0.25, 0.3) is 0 Å². The molecule has 2 aliphatic rings. The van der Waals surface area contributed by atoms with E-state index in [4.69, 9.17) is 0 Å². The summed E-state index contributed by atoms with van der Waals surface area (Å²) in [5.41, 5.74) is 4.86. The Morgan fingerprint density at radius 2 is 1.81 bits per heavy atom. The van der Waals surface area contributed by atoms with E-state index in [1.54, 1.807) is 18.3 Å². The van der Waals surface area contributed by atoms with Gasteiger partial charge in [-0.25, -0.2) is 18.1 Å². The van der Waals surface area contributed by atoms with Gasteiger partial charge in [0.15, 0.2) is 0 Å². The average molecular weight is 583 g/mol. The largest absolute Gasteiger partial charge is 0.337 e. The molecule has 1 N–H and O–H groups in total. The van der Waals surface area contributed by atoms with Crippen molar-refractivity contribution in [3.8, 4) is 0 Å². The molecule has 1 fully saturated rings. The van der Waals surface area contributed by atoms with E-state index < -0.39 is 16.1 Å². The van der Waals surface area contributed by atoms with Crippen LogP contribution in [0.15, 0.2) is 90.1 Å². The lowest BCUT2D eigenvalue weighted by Crippen LogP contribution is -2.37. The molecule has 3 aromatic carbocycles. The summed E-state index contributed by atoms with van der Waals surface area (Å²) in [4.78, 5) is 20.7. The normalized spacial score (nSPS) is 21.0. The third-order valence-corrected chi connectivity index (χ3v) is 10.4. The number of imidazole rings is 1. The molecule has 42 heavy (non-hydrogen) atoms. The molecular formula is C34H38N4O3S. The van der Waals surface area contributed by atoms with Crippen LogP contribution in [0, 0.1) is 12.8 Å². The Hall–Kier alpha value is -3.75. The minimum atomic E-state index is -3.74. The Bertz CT molecular complexity index is 1710. The lowest BCUT2D eigenvalue weighted by Gasteiger charge is -2.38. The van der Waals surface area contributed by atoms with Crippen molar-refractivity contribution in [1.82, 2.24) is 14.3 Å². The SMILES string of the molecule is Cc1ccc(S(=O)(=O)N[C@@H]2CCC(C)(C)c3ccc(N(Cc4nccn4C)C(=O)[C@@H]4C[C@H]4c4ccccc4)cc32)cc1. The molecule has 0 saturated heterocycles. The molecule has 7 nitrogen and oxygen atoms in total. The van der Waals surface area contributed by atoms with E-state index in [0.717, 1.165) is 41.0 Å². The summed E-state index contributed by atoms with van der Waals surface area (Å²) in [6.45, 7) is 6.66. The average Bonchev–Trinajstić information content (AvgIpc) is 3.68. The van der Waals surface area contributed by atoms with Gasteiger partial charge in [-0.1, -0.05) is 67.9 Å². The first-order valence-electron chi connectivity index (χ1n) is 14.6. The van der Waals surface area contributed by atoms with Crippen LogP contribution in [0.3, 0.4) is 0 Å². The third-order valence-electron chi connectivity index (χ3n) is 8.96. The smallest absolute Gasteiger partial charge is 0.241 e. The number of benzene rings is 3. The summed E-state index contributed by atoms with van der Waals surface area (Å²) in [5, 5.41) is 0. The molecule has 0 radical (unpaired) electrons. The summed E-state index contributed by atoms with van der Waals surface area (Å²) < 4.78 is 31.8. The monoisotopic (exact) mass is 582 g/mol. The van der Waals surface area contributed by atoms with E-state index in [1.165, 1.54) is 5.56 Å². The van der Waals surface area contributed by atoms with E-state index in [2.05, 4.69) is 41.8 Å². The standard InChI is InChI=1S/C34H38N4O3S/c1-23-10-13-26(14-11-23)42(40,41)36-31-16-17-34(2,3)30-15-12-25(20-29(30)31)38(22-32-35-18-19-37(32)4)33(39)28-21-27(28)24-8-6-5-7-9-24/h5-15,18-20,27-28,31,36H,16-17,21-22H2,1-4H3/t27-,28+,31+/m0/s1. The Morgan fingerprint density at radius 3 is 2.50 bits per heavy atom. The highest BCUT2D eigenvalue weighted by atomic mass is 32.2. The zero-order valence-corrected chi connectivity index (χ0v) is 25.4. The highest BCUT2D eigenvalue weighted by Crippen LogP contribution is 2.49. The number of rotatable bonds is 8. The van der Waals surface area contributed by atoms with Gasteiger partial charge >= 0.3 is 0 Å². The number of sulfonamides is 1. The van der Waals surface area contributed by atoms with Crippen molar-refractivity contribution < 1.29 is 13.2 Å². The minimum absolute atomic E-state index is 0.0682. The molecule has 2 aliphatic carbocycles. The van der Waals surface area contributed by atoms with Crippen molar-refractivity contribution in [3.63, 3.8) is 0 Å². The first-order chi connectivity index (χ1) is 20.0. The number of nitrogens with one attached hydrogen (secondary N) is 1. The lowest BCUT2D eigenvalue weighted by molar-refractivity contribution is -0.120. The van der Waals surface area contributed by atoms with Crippen LogP contribution in [-0.4, -0.2) is 23.9 Å². The molecule has 4 aromatic rings. The van der Waals surface area contributed by atoms with Crippen LogP contribution in [0.1, 0.15) is 73.1 Å². The molecule has 1 heterocycles. The van der Waals surface area contributed by atoms with E-state index >= 15 is 0 Å². The molecule has 8 heteroatoms. The zero-order chi connectivity index (χ0) is 29.6. The first kappa shape index (κ1) is 28.4. The van der Waals surface area contributed by atoms with E-state index in [1.807, 2.05) is 72.1 Å². The number of fused-ring (bicyclic) bond motifs is 1. The highest BCUT2D eigenvalue weighted by molar-refractivity contribution is 7.89. The molecule has 3 atom stereocenters. The summed E-state index contributed by atoms with van der Waals surface area (Å²) in [5.74, 6) is 0.956. The predicted octanol–water partition coefficient (Wildman–Crippen LogP) is 6.16. The summed E-state index contributed by atoms with van der Waals surface area (Å²) in [6.07, 6.45) is 5.95. The predicted molar refractivity (Wildman–Crippen MR) is 165 cm³/mol. The lowest BCUT2D eigenvalue weighted by atomic mass is 9.71. The van der Waals surface area contributed by atoms with Gasteiger partial charge in [0.05, 0.1) is 11.4 Å². The van der Waals surface area contributed by atoms with Crippen molar-refractivity contribution in [2.24, 2.45) is 13.0 Å². The van der Waals surface area contributed by atoms with Crippen LogP contribution >= 0.6 is 0 Å². The molecular weight excluding hydrogens is 544 g/mol. The van der Waals surface area contributed by atoms with Crippen molar-refractivity contribution >= 4 is 21.6 Å². The maximum atomic E-state index is 14.1. The van der Waals surface area contributed by atoms with E-state index in [9.17, 15) is 13.2 Å². The van der Waals surface area contributed by atoms with E-state index in [-0.39, 0.29) is 28.1 Å². The van der Waals surface area contributed by atoms with Crippen molar-refractivity contribution in [2.75, 3.05) is 4.90 Å². The van der Waals surface area contributed by atoms with Gasteiger partial charge in [0.1, 0.15) is 5.82 Å². The molecule has 0 unspecified atom stereocenters. The quantitative estimate of drug-likeness (QED) is 0.270. The molecule has 0 spiro atoms. The fourth-order valence-electron chi connectivity index (χ4n) is 6.24.